The van der Waals surface area contributed by atoms with E-state index in [1.54, 1.807) is 17.1 Å². The van der Waals surface area contributed by atoms with Crippen LogP contribution in [0.5, 0.6) is 0 Å². The molecule has 1 saturated heterocycles. The summed E-state index contributed by atoms with van der Waals surface area (Å²) in [5, 5.41) is 2.34. The molecule has 0 aromatic heterocycles. The number of allylic oxidation sites excluding steroid dienone is 3. The minimum atomic E-state index is -0.620. The Kier molecular flexibility index (Phi) is 7.20. The second-order valence-electron chi connectivity index (χ2n) is 6.40. The van der Waals surface area contributed by atoms with Crippen LogP contribution in [0.4, 0.5) is 0 Å². The minimum absolute atomic E-state index is 0.0735. The average Bonchev–Trinajstić information content (AvgIpc) is 2.48. The number of hydrogen-bond acceptors (Lipinski definition) is 3. The van der Waals surface area contributed by atoms with Gasteiger partial charge in [-0.3, -0.25) is 19.7 Å². The van der Waals surface area contributed by atoms with Gasteiger partial charge in [0.05, 0.1) is 0 Å². The number of amides is 3. The Hall–Kier alpha value is -1.91. The molecular weight excluding hydrogens is 292 g/mol. The number of hydrogen-bond donors (Lipinski definition) is 1. The van der Waals surface area contributed by atoms with Crippen LogP contribution in [0.25, 0.3) is 0 Å². The Balaban J connectivity index is 3.08. The first-order valence-electron chi connectivity index (χ1n) is 8.29. The summed E-state index contributed by atoms with van der Waals surface area (Å²) in [4.78, 5) is 38.0. The molecule has 0 aromatic carbocycles. The molecule has 1 aliphatic rings. The molecule has 128 valence electrons. The van der Waals surface area contributed by atoms with E-state index in [0.29, 0.717) is 25.2 Å². The van der Waals surface area contributed by atoms with Crippen LogP contribution in [-0.4, -0.2) is 28.7 Å². The van der Waals surface area contributed by atoms with Gasteiger partial charge in [-0.15, -0.1) is 0 Å². The van der Waals surface area contributed by atoms with Crippen LogP contribution in [0, 0.1) is 11.8 Å². The molecule has 0 saturated carbocycles. The minimum Gasteiger partial charge on any atom is -0.304 e. The predicted molar refractivity (Wildman–Crippen MR) is 90.2 cm³/mol. The van der Waals surface area contributed by atoms with E-state index in [1.807, 2.05) is 13.8 Å². The van der Waals surface area contributed by atoms with Crippen molar-refractivity contribution in [2.75, 3.05) is 0 Å². The fraction of sp³-hybridized carbons (Fsp3) is 0.611. The molecule has 0 aromatic rings. The van der Waals surface area contributed by atoms with Crippen LogP contribution in [0.3, 0.4) is 0 Å². The van der Waals surface area contributed by atoms with Gasteiger partial charge in [-0.25, -0.2) is 0 Å². The lowest BCUT2D eigenvalue weighted by Crippen LogP contribution is -2.54. The van der Waals surface area contributed by atoms with Crippen molar-refractivity contribution in [3.63, 3.8) is 0 Å². The highest BCUT2D eigenvalue weighted by molar-refractivity contribution is 6.02. The van der Waals surface area contributed by atoms with Crippen molar-refractivity contribution in [2.45, 2.75) is 59.4 Å². The topological polar surface area (TPSA) is 66.5 Å². The molecular formula is C18H28N2O3. The van der Waals surface area contributed by atoms with Crippen molar-refractivity contribution in [2.24, 2.45) is 11.8 Å². The van der Waals surface area contributed by atoms with Gasteiger partial charge in [-0.05, 0) is 30.8 Å². The van der Waals surface area contributed by atoms with Gasteiger partial charge in [-0.1, -0.05) is 40.3 Å². The van der Waals surface area contributed by atoms with E-state index in [-0.39, 0.29) is 24.2 Å². The summed E-state index contributed by atoms with van der Waals surface area (Å²) >= 11 is 0. The summed E-state index contributed by atoms with van der Waals surface area (Å²) < 4.78 is 0. The molecule has 2 atom stereocenters. The van der Waals surface area contributed by atoms with Gasteiger partial charge in [0.1, 0.15) is 6.04 Å². The molecule has 5 nitrogen and oxygen atoms in total. The summed E-state index contributed by atoms with van der Waals surface area (Å²) in [5.41, 5.74) is 0.760. The second-order valence-corrected chi connectivity index (χ2v) is 6.40. The summed E-state index contributed by atoms with van der Waals surface area (Å²) in [6, 6.07) is -0.620. The standard InChI is InChI=1S/C18H28N2O3/c1-6-8-14(7-2)20(17(22)11-13(5)12(3)4)15-9-10-16(21)19-18(15)23/h6,8,12-13,15H,1,7,9-11H2,2-5H3,(H,19,21,23)/b14-8+. The van der Waals surface area contributed by atoms with E-state index in [9.17, 15) is 14.4 Å². The molecule has 3 amide bonds. The smallest absolute Gasteiger partial charge is 0.249 e. The number of carbonyl (C=O) groups is 3. The Morgan fingerprint density at radius 2 is 2.04 bits per heavy atom. The molecule has 0 bridgehead atoms. The average molecular weight is 320 g/mol. The molecule has 0 aliphatic carbocycles. The zero-order valence-electron chi connectivity index (χ0n) is 14.6. The maximum absolute atomic E-state index is 12.8. The Labute approximate surface area is 138 Å². The van der Waals surface area contributed by atoms with Crippen LogP contribution in [-0.2, 0) is 14.4 Å². The van der Waals surface area contributed by atoms with Crippen LogP contribution >= 0.6 is 0 Å². The summed E-state index contributed by atoms with van der Waals surface area (Å²) in [7, 11) is 0. The van der Waals surface area contributed by atoms with Crippen molar-refractivity contribution in [3.05, 3.63) is 24.4 Å². The van der Waals surface area contributed by atoms with Crippen molar-refractivity contribution in [1.29, 1.82) is 0 Å². The van der Waals surface area contributed by atoms with Gasteiger partial charge in [0.2, 0.25) is 17.7 Å². The monoisotopic (exact) mass is 320 g/mol. The van der Waals surface area contributed by atoms with Gasteiger partial charge < -0.3 is 4.90 Å². The Morgan fingerprint density at radius 3 is 2.52 bits per heavy atom. The lowest BCUT2D eigenvalue weighted by Gasteiger charge is -2.35. The van der Waals surface area contributed by atoms with Gasteiger partial charge in [0.15, 0.2) is 0 Å². The van der Waals surface area contributed by atoms with Gasteiger partial charge in [0, 0.05) is 18.5 Å². The fourth-order valence-corrected chi connectivity index (χ4v) is 2.58. The van der Waals surface area contributed by atoms with Gasteiger partial charge in [0.25, 0.3) is 0 Å². The van der Waals surface area contributed by atoms with E-state index >= 15 is 0 Å². The second kappa shape index (κ2) is 8.65. The van der Waals surface area contributed by atoms with Crippen molar-refractivity contribution in [3.8, 4) is 0 Å². The lowest BCUT2D eigenvalue weighted by molar-refractivity contribution is -0.144. The first-order chi connectivity index (χ1) is 10.8. The molecule has 1 aliphatic heterocycles. The predicted octanol–water partition coefficient (Wildman–Crippen LogP) is 2.78. The molecule has 1 N–H and O–H groups in total. The first kappa shape index (κ1) is 19.1. The highest BCUT2D eigenvalue weighted by Crippen LogP contribution is 2.24. The largest absolute Gasteiger partial charge is 0.304 e. The maximum atomic E-state index is 12.8. The third-order valence-electron chi connectivity index (χ3n) is 4.41. The highest BCUT2D eigenvalue weighted by Gasteiger charge is 2.36. The zero-order valence-corrected chi connectivity index (χ0v) is 14.6. The summed E-state index contributed by atoms with van der Waals surface area (Å²) in [5.74, 6) is -0.137. The van der Waals surface area contributed by atoms with Crippen LogP contribution in [0.2, 0.25) is 0 Å². The Morgan fingerprint density at radius 1 is 1.39 bits per heavy atom. The van der Waals surface area contributed by atoms with Crippen molar-refractivity contribution >= 4 is 17.7 Å². The number of piperidine rings is 1. The first-order valence-corrected chi connectivity index (χ1v) is 8.29. The molecule has 0 radical (unpaired) electrons. The molecule has 2 unspecified atom stereocenters. The van der Waals surface area contributed by atoms with Gasteiger partial charge >= 0.3 is 0 Å². The fourth-order valence-electron chi connectivity index (χ4n) is 2.58. The number of nitrogens with one attached hydrogen (secondary N) is 1. The van der Waals surface area contributed by atoms with E-state index in [2.05, 4.69) is 25.7 Å². The van der Waals surface area contributed by atoms with Crippen LogP contribution in [0.15, 0.2) is 24.4 Å². The van der Waals surface area contributed by atoms with E-state index < -0.39 is 11.9 Å². The molecule has 23 heavy (non-hydrogen) atoms. The number of carbonyl (C=O) groups excluding carboxylic acids is 3. The molecule has 0 spiro atoms. The third kappa shape index (κ3) is 5.05. The van der Waals surface area contributed by atoms with Gasteiger partial charge in [-0.2, -0.15) is 0 Å². The van der Waals surface area contributed by atoms with Crippen LogP contribution in [0.1, 0.15) is 53.4 Å². The molecule has 1 heterocycles. The van der Waals surface area contributed by atoms with E-state index in [4.69, 9.17) is 0 Å². The summed E-state index contributed by atoms with van der Waals surface area (Å²) in [6.45, 7) is 11.8. The maximum Gasteiger partial charge on any atom is 0.249 e. The molecule has 5 heteroatoms. The van der Waals surface area contributed by atoms with E-state index in [1.165, 1.54) is 0 Å². The quantitative estimate of drug-likeness (QED) is 0.579. The number of rotatable bonds is 7. The van der Waals surface area contributed by atoms with Crippen molar-refractivity contribution < 1.29 is 14.4 Å². The number of imide groups is 1. The van der Waals surface area contributed by atoms with Crippen molar-refractivity contribution in [1.82, 2.24) is 10.2 Å². The SMILES string of the molecule is C=C/C=C(\CC)N(C(=O)CC(C)C(C)C)C1CCC(=O)NC1=O. The van der Waals surface area contributed by atoms with Crippen LogP contribution < -0.4 is 5.32 Å². The highest BCUT2D eigenvalue weighted by atomic mass is 16.2. The normalized spacial score (nSPS) is 20.2. The molecule has 1 fully saturated rings. The number of nitrogens with zero attached hydrogens (tertiary/aromatic N) is 1. The lowest BCUT2D eigenvalue weighted by atomic mass is 9.93. The summed E-state index contributed by atoms with van der Waals surface area (Å²) in [6.07, 6.45) is 5.00. The van der Waals surface area contributed by atoms with E-state index in [0.717, 1.165) is 5.70 Å². The molecule has 1 rings (SSSR count). The Bertz CT molecular complexity index is 508. The zero-order chi connectivity index (χ0) is 17.6. The third-order valence-corrected chi connectivity index (χ3v) is 4.41.